The van der Waals surface area contributed by atoms with Crippen molar-refractivity contribution in [1.82, 2.24) is 14.8 Å². The molecule has 3 rings (SSSR count). The average molecular weight is 340 g/mol. The molecule has 20 heavy (non-hydrogen) atoms. The normalized spacial score (nSPS) is 16.5. The maximum Gasteiger partial charge on any atom is 0.356 e. The number of ether oxygens (including phenoxy) is 2. The first-order valence-electron chi connectivity index (χ1n) is 6.41. The van der Waals surface area contributed by atoms with E-state index in [2.05, 4.69) is 30.7 Å². The summed E-state index contributed by atoms with van der Waals surface area (Å²) in [6.07, 6.45) is 1.87. The summed E-state index contributed by atoms with van der Waals surface area (Å²) in [5.74, 6) is -0.447. The molecule has 2 aromatic heterocycles. The van der Waals surface area contributed by atoms with Crippen LogP contribution in [0.3, 0.4) is 0 Å². The van der Waals surface area contributed by atoms with Crippen molar-refractivity contribution in [2.24, 2.45) is 0 Å². The van der Waals surface area contributed by atoms with Crippen molar-refractivity contribution in [2.45, 2.75) is 18.9 Å². The van der Waals surface area contributed by atoms with Crippen LogP contribution in [0.25, 0.3) is 11.0 Å². The van der Waals surface area contributed by atoms with Crippen LogP contribution in [0, 0.1) is 0 Å². The van der Waals surface area contributed by atoms with Crippen LogP contribution in [0.5, 0.6) is 0 Å². The van der Waals surface area contributed by atoms with E-state index in [0.717, 1.165) is 31.6 Å². The number of methoxy groups -OCH3 is 1. The molecule has 0 radical (unpaired) electrons. The third-order valence-electron chi connectivity index (χ3n) is 3.44. The van der Waals surface area contributed by atoms with Crippen LogP contribution < -0.4 is 0 Å². The fourth-order valence-electron chi connectivity index (χ4n) is 2.41. The first kappa shape index (κ1) is 13.5. The van der Waals surface area contributed by atoms with Crippen LogP contribution in [0.15, 0.2) is 16.7 Å². The molecule has 3 heterocycles. The Morgan fingerprint density at radius 2 is 2.20 bits per heavy atom. The zero-order valence-electron chi connectivity index (χ0n) is 11.0. The number of hydrogen-bond donors (Lipinski definition) is 0. The Morgan fingerprint density at radius 1 is 1.45 bits per heavy atom. The first-order valence-corrected chi connectivity index (χ1v) is 7.21. The lowest BCUT2D eigenvalue weighted by molar-refractivity contribution is 0.0594. The van der Waals surface area contributed by atoms with Gasteiger partial charge >= 0.3 is 5.97 Å². The van der Waals surface area contributed by atoms with Crippen molar-refractivity contribution >= 4 is 32.9 Å². The molecule has 1 fully saturated rings. The number of carbonyl (C=O) groups is 1. The van der Waals surface area contributed by atoms with E-state index in [1.165, 1.54) is 7.11 Å². The topological polar surface area (TPSA) is 66.2 Å². The fourth-order valence-corrected chi connectivity index (χ4v) is 2.87. The van der Waals surface area contributed by atoms with Crippen LogP contribution in [0.2, 0.25) is 0 Å². The molecule has 6 nitrogen and oxygen atoms in total. The van der Waals surface area contributed by atoms with Crippen LogP contribution >= 0.6 is 15.9 Å². The molecule has 0 saturated carbocycles. The van der Waals surface area contributed by atoms with Gasteiger partial charge in [0.2, 0.25) is 0 Å². The van der Waals surface area contributed by atoms with Gasteiger partial charge in [0, 0.05) is 13.2 Å². The smallest absolute Gasteiger partial charge is 0.356 e. The maximum atomic E-state index is 11.5. The van der Waals surface area contributed by atoms with Gasteiger partial charge in [0.1, 0.15) is 11.2 Å². The van der Waals surface area contributed by atoms with E-state index in [1.807, 2.05) is 10.7 Å². The van der Waals surface area contributed by atoms with Crippen molar-refractivity contribution in [2.75, 3.05) is 20.3 Å². The number of esters is 1. The number of nitrogens with zero attached hydrogens (tertiary/aromatic N) is 3. The quantitative estimate of drug-likeness (QED) is 0.785. The van der Waals surface area contributed by atoms with Crippen molar-refractivity contribution in [3.05, 3.63) is 22.4 Å². The lowest BCUT2D eigenvalue weighted by atomic mass is 10.1. The molecule has 1 aliphatic heterocycles. The minimum atomic E-state index is -0.447. The number of rotatable bonds is 2. The molecule has 1 saturated heterocycles. The Bertz CT molecular complexity index is 650. The highest BCUT2D eigenvalue weighted by Crippen LogP contribution is 2.29. The summed E-state index contributed by atoms with van der Waals surface area (Å²) in [6, 6.07) is 3.84. The van der Waals surface area contributed by atoms with E-state index >= 15 is 0 Å². The summed E-state index contributed by atoms with van der Waals surface area (Å²) in [7, 11) is 1.34. The minimum absolute atomic E-state index is 0.284. The number of pyridine rings is 1. The predicted molar refractivity (Wildman–Crippen MR) is 75.7 cm³/mol. The number of carbonyl (C=O) groups excluding carboxylic acids is 1. The molecule has 106 valence electrons. The van der Waals surface area contributed by atoms with Crippen LogP contribution in [0.4, 0.5) is 0 Å². The Labute approximate surface area is 124 Å². The summed E-state index contributed by atoms with van der Waals surface area (Å²) in [4.78, 5) is 15.9. The van der Waals surface area contributed by atoms with Gasteiger partial charge in [-0.15, -0.1) is 0 Å². The van der Waals surface area contributed by atoms with E-state index in [0.29, 0.717) is 16.2 Å². The van der Waals surface area contributed by atoms with Gasteiger partial charge in [-0.1, -0.05) is 0 Å². The van der Waals surface area contributed by atoms with E-state index in [1.54, 1.807) is 6.07 Å². The van der Waals surface area contributed by atoms with Gasteiger partial charge < -0.3 is 9.47 Å². The molecular formula is C13H14BrN3O3. The largest absolute Gasteiger partial charge is 0.464 e. The molecule has 0 amide bonds. The van der Waals surface area contributed by atoms with Gasteiger partial charge in [-0.3, -0.25) is 4.68 Å². The van der Waals surface area contributed by atoms with Crippen molar-refractivity contribution in [3.63, 3.8) is 0 Å². The zero-order valence-corrected chi connectivity index (χ0v) is 12.6. The third kappa shape index (κ3) is 2.31. The Balaban J connectivity index is 2.05. The van der Waals surface area contributed by atoms with E-state index in [9.17, 15) is 4.79 Å². The second-order valence-electron chi connectivity index (χ2n) is 4.63. The highest BCUT2D eigenvalue weighted by atomic mass is 79.9. The van der Waals surface area contributed by atoms with Crippen molar-refractivity contribution < 1.29 is 14.3 Å². The molecular weight excluding hydrogens is 326 g/mol. The van der Waals surface area contributed by atoms with Gasteiger partial charge in [0.05, 0.1) is 18.7 Å². The van der Waals surface area contributed by atoms with Crippen LogP contribution in [-0.4, -0.2) is 41.1 Å². The molecule has 0 N–H and O–H groups in total. The highest BCUT2D eigenvalue weighted by Gasteiger charge is 2.21. The fraction of sp³-hybridized carbons (Fsp3) is 0.462. The predicted octanol–water partition coefficient (Wildman–Crippen LogP) is 2.33. The maximum absolute atomic E-state index is 11.5. The molecule has 7 heteroatoms. The third-order valence-corrected chi connectivity index (χ3v) is 3.98. The number of hydrogen-bond acceptors (Lipinski definition) is 5. The lowest BCUT2D eigenvalue weighted by Gasteiger charge is -2.22. The van der Waals surface area contributed by atoms with Crippen molar-refractivity contribution in [3.8, 4) is 0 Å². The molecule has 0 unspecified atom stereocenters. The zero-order chi connectivity index (χ0) is 14.1. The van der Waals surface area contributed by atoms with Gasteiger partial charge in [-0.05, 0) is 40.9 Å². The molecule has 1 aliphatic rings. The second-order valence-corrected chi connectivity index (χ2v) is 5.39. The molecule has 2 aromatic rings. The molecule has 0 bridgehead atoms. The van der Waals surface area contributed by atoms with E-state index in [4.69, 9.17) is 4.74 Å². The van der Waals surface area contributed by atoms with Gasteiger partial charge in [0.15, 0.2) is 4.60 Å². The second kappa shape index (κ2) is 5.49. The Hall–Kier alpha value is -1.47. The van der Waals surface area contributed by atoms with Crippen LogP contribution in [0.1, 0.15) is 29.4 Å². The average Bonchev–Trinajstić information content (AvgIpc) is 2.84. The van der Waals surface area contributed by atoms with E-state index in [-0.39, 0.29) is 5.69 Å². The summed E-state index contributed by atoms with van der Waals surface area (Å²) >= 11 is 3.41. The standard InChI is InChI=1S/C13H14BrN3O3/c1-19-13(18)9-2-3-10-11(15-9)12(14)16-17(10)8-4-6-20-7-5-8/h2-3,8H,4-7H2,1H3. The molecule has 0 aliphatic carbocycles. The highest BCUT2D eigenvalue weighted by molar-refractivity contribution is 9.10. The molecule has 0 aromatic carbocycles. The Morgan fingerprint density at radius 3 is 2.90 bits per heavy atom. The number of aromatic nitrogens is 3. The van der Waals surface area contributed by atoms with Crippen molar-refractivity contribution in [1.29, 1.82) is 0 Å². The summed E-state index contributed by atoms with van der Waals surface area (Å²) < 4.78 is 12.7. The summed E-state index contributed by atoms with van der Waals surface area (Å²) in [5, 5.41) is 4.50. The number of fused-ring (bicyclic) bond motifs is 1. The lowest BCUT2D eigenvalue weighted by Crippen LogP contribution is -2.20. The SMILES string of the molecule is COC(=O)c1ccc2c(n1)c(Br)nn2C1CCOCC1. The summed E-state index contributed by atoms with van der Waals surface area (Å²) in [6.45, 7) is 1.49. The first-order chi connectivity index (χ1) is 9.70. The molecule has 0 atom stereocenters. The van der Waals surface area contributed by atoms with Gasteiger partial charge in [-0.25, -0.2) is 9.78 Å². The summed E-state index contributed by atoms with van der Waals surface area (Å²) in [5.41, 5.74) is 1.88. The van der Waals surface area contributed by atoms with Gasteiger partial charge in [-0.2, -0.15) is 5.10 Å². The molecule has 0 spiro atoms. The van der Waals surface area contributed by atoms with E-state index < -0.39 is 5.97 Å². The Kier molecular flexibility index (Phi) is 3.71. The van der Waals surface area contributed by atoms with Gasteiger partial charge in [0.25, 0.3) is 0 Å². The van der Waals surface area contributed by atoms with Crippen LogP contribution in [-0.2, 0) is 9.47 Å². The number of halogens is 1. The minimum Gasteiger partial charge on any atom is -0.464 e. The monoisotopic (exact) mass is 339 g/mol.